The minimum atomic E-state index is -0.0918. The first-order valence-electron chi connectivity index (χ1n) is 0.408. The van der Waals surface area contributed by atoms with Crippen molar-refractivity contribution in [1.82, 2.24) is 0 Å². The molecular formula is CrMoO2ThTi. The molecule has 0 heterocycles. The second-order valence-electron chi connectivity index (χ2n) is 0. The molecule has 2 nitrogen and oxygen atoms in total. The molecule has 0 rings (SSSR count). The predicted octanol–water partition coefficient (Wildman–Crippen LogP) is -0.245. The van der Waals surface area contributed by atoms with Crippen molar-refractivity contribution < 1.29 is 101 Å². The molecule has 0 saturated carbocycles. The van der Waals surface area contributed by atoms with Gasteiger partial charge in [0.1, 0.15) is 0 Å². The second kappa shape index (κ2) is 45.2. The summed E-state index contributed by atoms with van der Waals surface area (Å²) in [7, 11) is 0. The van der Waals surface area contributed by atoms with Crippen molar-refractivity contribution in [3.63, 3.8) is 0 Å². The Morgan fingerprint density at radius 2 is 1.17 bits per heavy atom. The Kier molecular flexibility index (Phi) is 175. The van der Waals surface area contributed by atoms with Gasteiger partial charge in [0.25, 0.3) is 0 Å². The minimum absolute atomic E-state index is 0. The van der Waals surface area contributed by atoms with Crippen LogP contribution in [-0.4, -0.2) is 0 Å². The fraction of sp³-hybridized carbons (Fsp3) is 0. The summed E-state index contributed by atoms with van der Waals surface area (Å²) < 4.78 is 16.7. The van der Waals surface area contributed by atoms with Crippen LogP contribution in [0.4, 0.5) is 0 Å². The third kappa shape index (κ3) is 28.8. The molecule has 32 valence electrons. The molecule has 0 aliphatic rings. The zero-order valence-corrected chi connectivity index (χ0v) is 11.6. The summed E-state index contributed by atoms with van der Waals surface area (Å²) in [5, 5.41) is 0. The van der Waals surface area contributed by atoms with Gasteiger partial charge in [-0.1, -0.05) is 0 Å². The van der Waals surface area contributed by atoms with Crippen molar-refractivity contribution in [2.45, 2.75) is 0 Å². The van der Waals surface area contributed by atoms with E-state index < -0.39 is 0 Å². The van der Waals surface area contributed by atoms with E-state index >= 15 is 0 Å². The maximum absolute atomic E-state index is 8.42. The van der Waals surface area contributed by atoms with Gasteiger partial charge in [-0.3, -0.25) is 0 Å². The summed E-state index contributed by atoms with van der Waals surface area (Å²) in [6, 6.07) is 0. The molecule has 0 spiro atoms. The van der Waals surface area contributed by atoms with Crippen LogP contribution in [0.1, 0.15) is 0 Å². The van der Waals surface area contributed by atoms with Crippen LogP contribution in [0.2, 0.25) is 0 Å². The van der Waals surface area contributed by atoms with Crippen molar-refractivity contribution in [3.8, 4) is 0 Å². The molecule has 0 saturated heterocycles. The number of hydrogen-bond donors (Lipinski definition) is 0. The van der Waals surface area contributed by atoms with Crippen molar-refractivity contribution in [1.29, 1.82) is 0 Å². The van der Waals surface area contributed by atoms with Gasteiger partial charge in [0.05, 0.1) is 0 Å². The van der Waals surface area contributed by atoms with Gasteiger partial charge in [0.15, 0.2) is 0 Å². The quantitative estimate of drug-likeness (QED) is 0.469. The number of hydrogen-bond acceptors (Lipinski definition) is 2. The van der Waals surface area contributed by atoms with Crippen LogP contribution in [-0.2, 0) is 63.3 Å². The van der Waals surface area contributed by atoms with E-state index in [1.807, 2.05) is 0 Å². The van der Waals surface area contributed by atoms with Gasteiger partial charge >= 0.3 is 62.9 Å². The summed E-state index contributed by atoms with van der Waals surface area (Å²) in [6.45, 7) is 0. The summed E-state index contributed by atoms with van der Waals surface area (Å²) >= 11 is 0.658. The SMILES string of the molecule is [Cr].[Mo].[O]=[Th].[O]=[Ti]. The zero-order valence-electron chi connectivity index (χ0n) is 2.63. The van der Waals surface area contributed by atoms with Crippen molar-refractivity contribution >= 4 is 0 Å². The standard InChI is InChI=1S/Cr.Mo.2O.Th.Ti. The van der Waals surface area contributed by atoms with E-state index in [0.29, 0.717) is 0 Å². The summed E-state index contributed by atoms with van der Waals surface area (Å²) in [6.07, 6.45) is 0. The van der Waals surface area contributed by atoms with Crippen LogP contribution in [0, 0.1) is 38.0 Å². The molecule has 0 aromatic rings. The van der Waals surface area contributed by atoms with E-state index in [0.717, 1.165) is 20.4 Å². The molecule has 0 unspecified atom stereocenters. The average molecular weight is 460 g/mol. The van der Waals surface area contributed by atoms with E-state index in [1.165, 1.54) is 0 Å². The monoisotopic (exact) mass is 462 g/mol. The Hall–Kier alpha value is 2.86. The molecule has 0 fully saturated rings. The Labute approximate surface area is 99.1 Å². The number of rotatable bonds is 0. The van der Waals surface area contributed by atoms with E-state index in [4.69, 9.17) is 4.49 Å². The molecule has 0 bridgehead atoms. The Morgan fingerprint density at radius 3 is 1.17 bits per heavy atom. The molecule has 0 aromatic heterocycles. The van der Waals surface area contributed by atoms with Gasteiger partial charge in [0.2, 0.25) is 0 Å². The van der Waals surface area contributed by atoms with Crippen LogP contribution >= 0.6 is 0 Å². The molecule has 0 aromatic carbocycles. The topological polar surface area (TPSA) is 34.1 Å². The summed E-state index contributed by atoms with van der Waals surface area (Å²) in [4.78, 5) is 0. The van der Waals surface area contributed by atoms with Crippen molar-refractivity contribution in [2.75, 3.05) is 0 Å². The molecule has 0 N–H and O–H groups in total. The zero-order chi connectivity index (χ0) is 4.00. The third-order valence-corrected chi connectivity index (χ3v) is 0. The average Bonchev–Trinajstić information content (AvgIpc) is 1.50. The van der Waals surface area contributed by atoms with Crippen molar-refractivity contribution in [2.24, 2.45) is 0 Å². The third-order valence-electron chi connectivity index (χ3n) is 0. The van der Waals surface area contributed by atoms with Crippen LogP contribution in [0.5, 0.6) is 0 Å². The molecule has 0 aliphatic heterocycles. The van der Waals surface area contributed by atoms with Crippen LogP contribution in [0.15, 0.2) is 0 Å². The maximum atomic E-state index is 8.42. The predicted molar refractivity (Wildman–Crippen MR) is 1.37 cm³/mol. The van der Waals surface area contributed by atoms with Gasteiger partial charge in [-0.05, 0) is 0 Å². The van der Waals surface area contributed by atoms with E-state index in [-0.39, 0.29) is 76.4 Å². The van der Waals surface area contributed by atoms with Gasteiger partial charge in [-0.2, -0.15) is 0 Å². The Morgan fingerprint density at radius 1 is 1.17 bits per heavy atom. The van der Waals surface area contributed by atoms with Gasteiger partial charge in [0, 0.05) is 38.4 Å². The van der Waals surface area contributed by atoms with Crippen molar-refractivity contribution in [3.05, 3.63) is 0 Å². The second-order valence-corrected chi connectivity index (χ2v) is 0. The van der Waals surface area contributed by atoms with E-state index in [1.54, 1.807) is 0 Å². The fourth-order valence-electron chi connectivity index (χ4n) is 0. The summed E-state index contributed by atoms with van der Waals surface area (Å²) in [5.41, 5.74) is 0. The normalized spacial score (nSPS) is 1.50. The first kappa shape index (κ1) is 23.2. The van der Waals surface area contributed by atoms with Crippen LogP contribution in [0.25, 0.3) is 0 Å². The van der Waals surface area contributed by atoms with Crippen LogP contribution in [0.3, 0.4) is 0 Å². The van der Waals surface area contributed by atoms with E-state index in [2.05, 4.69) is 0 Å². The Balaban J connectivity index is -0.00000000500. The van der Waals surface area contributed by atoms with Gasteiger partial charge in [-0.15, -0.1) is 0 Å². The molecule has 0 amide bonds. The molecule has 0 aliphatic carbocycles. The molecular weight excluding hydrogens is 460 g/mol. The van der Waals surface area contributed by atoms with Gasteiger partial charge in [-0.25, -0.2) is 0 Å². The molecule has 0 radical (unpaired) electrons. The van der Waals surface area contributed by atoms with E-state index in [9.17, 15) is 0 Å². The first-order valence-corrected chi connectivity index (χ1v) is 2.72. The molecule has 0 atom stereocenters. The summed E-state index contributed by atoms with van der Waals surface area (Å²) in [5.74, 6) is 0. The van der Waals surface area contributed by atoms with Gasteiger partial charge < -0.3 is 0 Å². The fourth-order valence-corrected chi connectivity index (χ4v) is 0. The van der Waals surface area contributed by atoms with Crippen LogP contribution < -0.4 is 0 Å². The molecule has 6 heteroatoms. The Bertz CT molecular complexity index is 15.5. The molecule has 6 heavy (non-hydrogen) atoms. The first-order chi connectivity index (χ1) is 2.00.